The Hall–Kier alpha value is -0.890. The number of hydrogen-bond donors (Lipinski definition) is 1. The fourth-order valence-corrected chi connectivity index (χ4v) is 1.27. The highest BCUT2D eigenvalue weighted by atomic mass is 19.1. The molecule has 1 atom stereocenters. The zero-order valence-electron chi connectivity index (χ0n) is 6.18. The van der Waals surface area contributed by atoms with E-state index in [-0.39, 0.29) is 5.82 Å². The van der Waals surface area contributed by atoms with Gasteiger partial charge in [-0.1, -0.05) is 12.1 Å². The van der Waals surface area contributed by atoms with Crippen molar-refractivity contribution in [2.45, 2.75) is 12.5 Å². The second kappa shape index (κ2) is 2.62. The van der Waals surface area contributed by atoms with Crippen molar-refractivity contribution in [3.8, 4) is 0 Å². The topological polar surface area (TPSA) is 12.0 Å². The molecule has 1 aromatic carbocycles. The second-order valence-electron chi connectivity index (χ2n) is 2.85. The summed E-state index contributed by atoms with van der Waals surface area (Å²) in [5.74, 6) is -0.159. The highest BCUT2D eigenvalue weighted by Gasteiger charge is 2.17. The van der Waals surface area contributed by atoms with Crippen LogP contribution in [-0.2, 0) is 0 Å². The highest BCUT2D eigenvalue weighted by Crippen LogP contribution is 2.22. The van der Waals surface area contributed by atoms with Gasteiger partial charge in [-0.25, -0.2) is 4.39 Å². The van der Waals surface area contributed by atoms with Crippen molar-refractivity contribution in [1.29, 1.82) is 0 Å². The van der Waals surface area contributed by atoms with Gasteiger partial charge in [0.2, 0.25) is 0 Å². The van der Waals surface area contributed by atoms with E-state index >= 15 is 0 Å². The lowest BCUT2D eigenvalue weighted by Crippen LogP contribution is -2.34. The van der Waals surface area contributed by atoms with Gasteiger partial charge in [0.25, 0.3) is 0 Å². The summed E-state index contributed by atoms with van der Waals surface area (Å²) in [5, 5.41) is 3.26. The third-order valence-corrected chi connectivity index (χ3v) is 2.10. The van der Waals surface area contributed by atoms with Crippen molar-refractivity contribution in [3.63, 3.8) is 0 Å². The largest absolute Gasteiger partial charge is 0.310 e. The van der Waals surface area contributed by atoms with Crippen LogP contribution in [-0.4, -0.2) is 6.54 Å². The molecule has 1 N–H and O–H groups in total. The molecule has 1 nitrogen and oxygen atoms in total. The number of hydrogen-bond acceptors (Lipinski definition) is 1. The predicted molar refractivity (Wildman–Crippen MR) is 41.8 cm³/mol. The lowest BCUT2D eigenvalue weighted by atomic mass is 9.98. The summed E-state index contributed by atoms with van der Waals surface area (Å²) in [5.41, 5.74) is 1.19. The predicted octanol–water partition coefficient (Wildman–Crippen LogP) is 1.86. The van der Waals surface area contributed by atoms with E-state index in [9.17, 15) is 4.39 Å². The van der Waals surface area contributed by atoms with Crippen molar-refractivity contribution < 1.29 is 4.39 Å². The average molecular weight is 151 g/mol. The summed E-state index contributed by atoms with van der Waals surface area (Å²) in [6, 6.07) is 7.17. The molecule has 58 valence electrons. The minimum absolute atomic E-state index is 0.159. The molecule has 1 fully saturated rings. The van der Waals surface area contributed by atoms with Crippen LogP contribution in [0.5, 0.6) is 0 Å². The molecule has 1 aromatic rings. The van der Waals surface area contributed by atoms with E-state index in [0.29, 0.717) is 6.04 Å². The maximum atomic E-state index is 12.5. The quantitative estimate of drug-likeness (QED) is 0.646. The van der Waals surface area contributed by atoms with Crippen molar-refractivity contribution in [2.75, 3.05) is 6.54 Å². The van der Waals surface area contributed by atoms with Gasteiger partial charge >= 0.3 is 0 Å². The zero-order valence-corrected chi connectivity index (χ0v) is 6.18. The van der Waals surface area contributed by atoms with Crippen LogP contribution in [0, 0.1) is 5.82 Å². The third kappa shape index (κ3) is 1.26. The van der Waals surface area contributed by atoms with Crippen molar-refractivity contribution in [3.05, 3.63) is 35.6 Å². The van der Waals surface area contributed by atoms with Gasteiger partial charge in [0.05, 0.1) is 0 Å². The van der Waals surface area contributed by atoms with Gasteiger partial charge in [-0.05, 0) is 30.7 Å². The lowest BCUT2D eigenvalue weighted by Gasteiger charge is -2.27. The normalized spacial score (nSPS) is 22.8. The Kier molecular flexibility index (Phi) is 1.62. The van der Waals surface area contributed by atoms with Crippen molar-refractivity contribution in [2.24, 2.45) is 0 Å². The molecule has 0 aliphatic carbocycles. The molecule has 0 bridgehead atoms. The Morgan fingerprint density at radius 2 is 1.91 bits per heavy atom. The van der Waals surface area contributed by atoms with Gasteiger partial charge < -0.3 is 5.32 Å². The maximum absolute atomic E-state index is 12.5. The van der Waals surface area contributed by atoms with E-state index in [1.165, 1.54) is 24.1 Å². The van der Waals surface area contributed by atoms with Crippen LogP contribution in [0.3, 0.4) is 0 Å². The van der Waals surface area contributed by atoms with Crippen LogP contribution in [0.15, 0.2) is 24.3 Å². The summed E-state index contributed by atoms with van der Waals surface area (Å²) in [6.45, 7) is 1.09. The fraction of sp³-hybridized carbons (Fsp3) is 0.333. The van der Waals surface area contributed by atoms with Gasteiger partial charge in [-0.2, -0.15) is 0 Å². The Morgan fingerprint density at radius 3 is 2.36 bits per heavy atom. The zero-order chi connectivity index (χ0) is 7.68. The minimum Gasteiger partial charge on any atom is -0.310 e. The first-order valence-corrected chi connectivity index (χ1v) is 3.85. The van der Waals surface area contributed by atoms with Crippen LogP contribution >= 0.6 is 0 Å². The molecule has 1 saturated heterocycles. The third-order valence-electron chi connectivity index (χ3n) is 2.10. The van der Waals surface area contributed by atoms with Crippen LogP contribution in [0.2, 0.25) is 0 Å². The Bertz CT molecular complexity index is 238. The second-order valence-corrected chi connectivity index (χ2v) is 2.85. The van der Waals surface area contributed by atoms with E-state index in [1.807, 2.05) is 12.1 Å². The first-order chi connectivity index (χ1) is 5.36. The monoisotopic (exact) mass is 151 g/mol. The molecule has 0 aromatic heterocycles. The molecule has 1 heterocycles. The van der Waals surface area contributed by atoms with Gasteiger partial charge in [-0.3, -0.25) is 0 Å². The van der Waals surface area contributed by atoms with Crippen LogP contribution in [0.25, 0.3) is 0 Å². The molecule has 1 aliphatic heterocycles. The molecule has 0 spiro atoms. The van der Waals surface area contributed by atoms with Gasteiger partial charge in [-0.15, -0.1) is 0 Å². The molecule has 1 unspecified atom stereocenters. The van der Waals surface area contributed by atoms with E-state index in [1.54, 1.807) is 0 Å². The van der Waals surface area contributed by atoms with E-state index in [4.69, 9.17) is 0 Å². The molecular weight excluding hydrogens is 141 g/mol. The molecule has 2 heteroatoms. The minimum atomic E-state index is -0.159. The molecule has 0 radical (unpaired) electrons. The lowest BCUT2D eigenvalue weighted by molar-refractivity contribution is 0.383. The summed E-state index contributed by atoms with van der Waals surface area (Å²) < 4.78 is 12.5. The molecule has 1 aliphatic rings. The van der Waals surface area contributed by atoms with Gasteiger partial charge in [0.1, 0.15) is 5.82 Å². The SMILES string of the molecule is Fc1ccc(C2CCN2)cc1. The molecule has 11 heavy (non-hydrogen) atoms. The molecule has 2 rings (SSSR count). The van der Waals surface area contributed by atoms with E-state index in [2.05, 4.69) is 5.32 Å². The Labute approximate surface area is 65.2 Å². The van der Waals surface area contributed by atoms with E-state index in [0.717, 1.165) is 6.54 Å². The summed E-state index contributed by atoms with van der Waals surface area (Å²) in [6.07, 6.45) is 1.17. The maximum Gasteiger partial charge on any atom is 0.123 e. The standard InChI is InChI=1S/C9H10FN/c10-8-3-1-7(2-4-8)9-5-6-11-9/h1-4,9,11H,5-6H2. The number of benzene rings is 1. The van der Waals surface area contributed by atoms with Crippen LogP contribution < -0.4 is 5.32 Å². The number of rotatable bonds is 1. The Balaban J connectivity index is 2.18. The number of halogens is 1. The average Bonchev–Trinajstić information content (AvgIpc) is 1.90. The van der Waals surface area contributed by atoms with Gasteiger partial charge in [0.15, 0.2) is 0 Å². The van der Waals surface area contributed by atoms with E-state index < -0.39 is 0 Å². The molecule has 0 saturated carbocycles. The molecule has 0 amide bonds. The first-order valence-electron chi connectivity index (χ1n) is 3.85. The smallest absolute Gasteiger partial charge is 0.123 e. The number of nitrogens with one attached hydrogen (secondary N) is 1. The summed E-state index contributed by atoms with van der Waals surface area (Å²) in [4.78, 5) is 0. The highest BCUT2D eigenvalue weighted by molar-refractivity contribution is 5.21. The van der Waals surface area contributed by atoms with Crippen LogP contribution in [0.4, 0.5) is 4.39 Å². The van der Waals surface area contributed by atoms with Crippen LogP contribution in [0.1, 0.15) is 18.0 Å². The first kappa shape index (κ1) is 6.80. The summed E-state index contributed by atoms with van der Waals surface area (Å²) >= 11 is 0. The molecular formula is C9H10FN. The summed E-state index contributed by atoms with van der Waals surface area (Å²) in [7, 11) is 0. The fourth-order valence-electron chi connectivity index (χ4n) is 1.27. The van der Waals surface area contributed by atoms with Gasteiger partial charge in [0, 0.05) is 6.04 Å². The van der Waals surface area contributed by atoms with Crippen molar-refractivity contribution in [1.82, 2.24) is 5.32 Å². The Morgan fingerprint density at radius 1 is 1.27 bits per heavy atom. The van der Waals surface area contributed by atoms with Crippen molar-refractivity contribution >= 4 is 0 Å².